The molecule has 0 amide bonds. The number of methoxy groups -OCH3 is 1. The van der Waals surface area contributed by atoms with E-state index in [0.717, 1.165) is 41.7 Å². The van der Waals surface area contributed by atoms with Crippen molar-refractivity contribution >= 4 is 17.7 Å². The molecule has 0 aliphatic carbocycles. The summed E-state index contributed by atoms with van der Waals surface area (Å²) in [6.45, 7) is 0. The van der Waals surface area contributed by atoms with Crippen LogP contribution in [-0.2, 0) is 22.4 Å². The van der Waals surface area contributed by atoms with Gasteiger partial charge in [-0.05, 0) is 66.6 Å². The van der Waals surface area contributed by atoms with Crippen LogP contribution in [0.25, 0.3) is 0 Å². The summed E-state index contributed by atoms with van der Waals surface area (Å²) in [5.74, 6) is -0.466. The smallest absolute Gasteiger partial charge is 0.336 e. The Balaban J connectivity index is 1.54. The maximum Gasteiger partial charge on any atom is 0.336 e. The predicted molar refractivity (Wildman–Crippen MR) is 143 cm³/mol. The highest BCUT2D eigenvalue weighted by atomic mass is 32.2. The Morgan fingerprint density at radius 3 is 2.09 bits per heavy atom. The van der Waals surface area contributed by atoms with E-state index in [0.29, 0.717) is 0 Å². The number of aryl methyl sites for hydroxylation is 2. The molecule has 35 heavy (non-hydrogen) atoms. The minimum absolute atomic E-state index is 0.180. The van der Waals surface area contributed by atoms with Crippen molar-refractivity contribution in [3.05, 3.63) is 95.6 Å². The van der Waals surface area contributed by atoms with Crippen molar-refractivity contribution in [1.29, 1.82) is 0 Å². The molecule has 0 aromatic heterocycles. The molecule has 0 spiro atoms. The van der Waals surface area contributed by atoms with Crippen molar-refractivity contribution in [2.45, 2.75) is 67.6 Å². The van der Waals surface area contributed by atoms with Gasteiger partial charge in [0, 0.05) is 4.90 Å². The fourth-order valence-corrected chi connectivity index (χ4v) is 5.43. The number of benzene rings is 3. The SMILES string of the molecule is COC(=O)C(O)C(Sc1ccc(O)cc1)c1ccccc1CCCCCCCCc1ccccc1. The predicted octanol–water partition coefficient (Wildman–Crippen LogP) is 6.89. The molecule has 3 aromatic carbocycles. The van der Waals surface area contributed by atoms with E-state index in [4.69, 9.17) is 4.74 Å². The van der Waals surface area contributed by atoms with E-state index in [2.05, 4.69) is 36.4 Å². The monoisotopic (exact) mass is 492 g/mol. The van der Waals surface area contributed by atoms with Crippen LogP contribution < -0.4 is 0 Å². The summed E-state index contributed by atoms with van der Waals surface area (Å²) in [7, 11) is 1.29. The molecule has 0 aliphatic heterocycles. The van der Waals surface area contributed by atoms with Crippen LogP contribution in [0.4, 0.5) is 0 Å². The van der Waals surface area contributed by atoms with E-state index >= 15 is 0 Å². The van der Waals surface area contributed by atoms with Crippen molar-refractivity contribution in [2.24, 2.45) is 0 Å². The first-order chi connectivity index (χ1) is 17.1. The molecule has 186 valence electrons. The largest absolute Gasteiger partial charge is 0.508 e. The van der Waals surface area contributed by atoms with Crippen molar-refractivity contribution < 1.29 is 19.7 Å². The third-order valence-corrected chi connectivity index (χ3v) is 7.51. The molecule has 0 bridgehead atoms. The summed E-state index contributed by atoms with van der Waals surface area (Å²) in [4.78, 5) is 13.1. The van der Waals surface area contributed by atoms with E-state index in [9.17, 15) is 15.0 Å². The number of aliphatic hydroxyl groups is 1. The highest BCUT2D eigenvalue weighted by molar-refractivity contribution is 7.99. The number of esters is 1. The fourth-order valence-electron chi connectivity index (χ4n) is 4.25. The lowest BCUT2D eigenvalue weighted by atomic mass is 9.96. The number of rotatable bonds is 14. The molecule has 0 fully saturated rings. The Hall–Kier alpha value is -2.76. The average Bonchev–Trinajstić information content (AvgIpc) is 2.90. The third kappa shape index (κ3) is 8.75. The number of aromatic hydroxyl groups is 1. The second-order valence-electron chi connectivity index (χ2n) is 8.81. The molecular formula is C30H36O4S. The first-order valence-electron chi connectivity index (χ1n) is 12.4. The van der Waals surface area contributed by atoms with Crippen LogP contribution in [-0.4, -0.2) is 29.4 Å². The summed E-state index contributed by atoms with van der Waals surface area (Å²) in [6, 6.07) is 25.5. The number of aliphatic hydroxyl groups excluding tert-OH is 1. The quantitative estimate of drug-likeness (QED) is 0.146. The minimum Gasteiger partial charge on any atom is -0.508 e. The van der Waals surface area contributed by atoms with E-state index in [1.807, 2.05) is 18.2 Å². The van der Waals surface area contributed by atoms with Gasteiger partial charge >= 0.3 is 5.97 Å². The van der Waals surface area contributed by atoms with Crippen LogP contribution in [0.1, 0.15) is 60.5 Å². The Morgan fingerprint density at radius 2 is 1.40 bits per heavy atom. The van der Waals surface area contributed by atoms with Crippen molar-refractivity contribution in [2.75, 3.05) is 7.11 Å². The van der Waals surface area contributed by atoms with Crippen LogP contribution in [0, 0.1) is 0 Å². The number of hydrogen-bond acceptors (Lipinski definition) is 5. The number of phenolic OH excluding ortho intramolecular Hbond substituents is 1. The van der Waals surface area contributed by atoms with Crippen LogP contribution in [0.15, 0.2) is 83.8 Å². The summed E-state index contributed by atoms with van der Waals surface area (Å²) in [5, 5.41) is 19.9. The molecule has 2 unspecified atom stereocenters. The number of ether oxygens (including phenoxy) is 1. The second-order valence-corrected chi connectivity index (χ2v) is 10.0. The lowest BCUT2D eigenvalue weighted by molar-refractivity contribution is -0.150. The van der Waals surface area contributed by atoms with E-state index < -0.39 is 17.3 Å². The molecule has 0 radical (unpaired) electrons. The van der Waals surface area contributed by atoms with Gasteiger partial charge in [0.15, 0.2) is 6.10 Å². The Bertz CT molecular complexity index is 1020. The molecule has 3 rings (SSSR count). The van der Waals surface area contributed by atoms with Gasteiger partial charge in [-0.1, -0.05) is 80.3 Å². The maximum atomic E-state index is 12.2. The van der Waals surface area contributed by atoms with Gasteiger partial charge in [-0.15, -0.1) is 11.8 Å². The molecule has 2 N–H and O–H groups in total. The van der Waals surface area contributed by atoms with Gasteiger partial charge in [0.1, 0.15) is 5.75 Å². The van der Waals surface area contributed by atoms with Gasteiger partial charge in [-0.2, -0.15) is 0 Å². The van der Waals surface area contributed by atoms with Crippen molar-refractivity contribution in [1.82, 2.24) is 0 Å². The average molecular weight is 493 g/mol. The molecule has 2 atom stereocenters. The lowest BCUT2D eigenvalue weighted by Gasteiger charge is -2.24. The number of carbonyl (C=O) groups is 1. The van der Waals surface area contributed by atoms with Gasteiger partial charge in [-0.25, -0.2) is 4.79 Å². The third-order valence-electron chi connectivity index (χ3n) is 6.20. The molecule has 0 saturated heterocycles. The van der Waals surface area contributed by atoms with Crippen LogP contribution in [0.5, 0.6) is 5.75 Å². The maximum absolute atomic E-state index is 12.2. The van der Waals surface area contributed by atoms with Gasteiger partial charge in [-0.3, -0.25) is 0 Å². The first-order valence-corrected chi connectivity index (χ1v) is 13.3. The number of carbonyl (C=O) groups excluding carboxylic acids is 1. The van der Waals surface area contributed by atoms with Gasteiger partial charge in [0.25, 0.3) is 0 Å². The van der Waals surface area contributed by atoms with Gasteiger partial charge in [0.2, 0.25) is 0 Å². The standard InChI is InChI=1S/C30H36O4S/c1-34-30(33)28(32)29(35-26-21-19-25(31)20-22-26)27-18-12-11-17-24(27)16-10-5-3-2-4-7-13-23-14-8-6-9-15-23/h6,8-9,11-12,14-15,17-22,28-29,31-32H,2-5,7,10,13,16H2,1H3. The summed E-state index contributed by atoms with van der Waals surface area (Å²) >= 11 is 1.41. The zero-order valence-corrected chi connectivity index (χ0v) is 21.3. The number of thioether (sulfide) groups is 1. The zero-order chi connectivity index (χ0) is 24.9. The Morgan fingerprint density at radius 1 is 0.800 bits per heavy atom. The van der Waals surface area contributed by atoms with Crippen LogP contribution in [0.3, 0.4) is 0 Å². The molecule has 5 heteroatoms. The van der Waals surface area contributed by atoms with Gasteiger partial charge < -0.3 is 14.9 Å². The van der Waals surface area contributed by atoms with Crippen molar-refractivity contribution in [3.63, 3.8) is 0 Å². The number of hydrogen-bond donors (Lipinski definition) is 2. The number of unbranched alkanes of at least 4 members (excludes halogenated alkanes) is 5. The molecule has 4 nitrogen and oxygen atoms in total. The highest BCUT2D eigenvalue weighted by Gasteiger charge is 2.31. The van der Waals surface area contributed by atoms with E-state index in [1.54, 1.807) is 24.3 Å². The Kier molecular flexibility index (Phi) is 11.2. The second kappa shape index (κ2) is 14.6. The van der Waals surface area contributed by atoms with Crippen molar-refractivity contribution in [3.8, 4) is 5.75 Å². The summed E-state index contributed by atoms with van der Waals surface area (Å²) in [6.07, 6.45) is 7.94. The van der Waals surface area contributed by atoms with Gasteiger partial charge in [0.05, 0.1) is 12.4 Å². The molecule has 3 aromatic rings. The minimum atomic E-state index is -1.29. The number of phenols is 1. The van der Waals surface area contributed by atoms with Crippen LogP contribution in [0.2, 0.25) is 0 Å². The fraction of sp³-hybridized carbons (Fsp3) is 0.367. The molecule has 0 heterocycles. The molecule has 0 aliphatic rings. The van der Waals surface area contributed by atoms with Crippen LogP contribution >= 0.6 is 11.8 Å². The molecule has 0 saturated carbocycles. The lowest BCUT2D eigenvalue weighted by Crippen LogP contribution is -2.28. The highest BCUT2D eigenvalue weighted by Crippen LogP contribution is 2.40. The van der Waals surface area contributed by atoms with E-state index in [-0.39, 0.29) is 5.75 Å². The summed E-state index contributed by atoms with van der Waals surface area (Å²) in [5.41, 5.74) is 3.51. The van der Waals surface area contributed by atoms with E-state index in [1.165, 1.54) is 50.1 Å². The normalized spacial score (nSPS) is 12.7. The first kappa shape index (κ1) is 26.8. The molecular weight excluding hydrogens is 456 g/mol. The zero-order valence-electron chi connectivity index (χ0n) is 20.4. The summed E-state index contributed by atoms with van der Waals surface area (Å²) < 4.78 is 4.84. The topological polar surface area (TPSA) is 66.8 Å². The Labute approximate surface area is 213 Å².